The van der Waals surface area contributed by atoms with Crippen molar-refractivity contribution in [1.82, 2.24) is 15.0 Å². The first-order chi connectivity index (χ1) is 10.0. The number of hydrogen-bond acceptors (Lipinski definition) is 5. The summed E-state index contributed by atoms with van der Waals surface area (Å²) >= 11 is 1.62. The van der Waals surface area contributed by atoms with Gasteiger partial charge in [0.05, 0.1) is 0 Å². The summed E-state index contributed by atoms with van der Waals surface area (Å²) in [7, 11) is -1.74. The van der Waals surface area contributed by atoms with E-state index < -0.39 is 10.0 Å². The standard InChI is InChI=1S/C14H19N3O2S2/c1-11(8-13-4-3-7-20-13)17-21(18,19)14-6-5-12(9-15-2)10-16-14/h3-7,10-11,15,17H,8-9H2,1-2H3. The average Bonchev–Trinajstić information content (AvgIpc) is 2.92. The molecule has 2 aromatic rings. The molecule has 2 aromatic heterocycles. The highest BCUT2D eigenvalue weighted by molar-refractivity contribution is 7.89. The summed E-state index contributed by atoms with van der Waals surface area (Å²) < 4.78 is 27.2. The van der Waals surface area contributed by atoms with Gasteiger partial charge in [0.25, 0.3) is 10.0 Å². The van der Waals surface area contributed by atoms with Crippen LogP contribution in [0.25, 0.3) is 0 Å². The van der Waals surface area contributed by atoms with Crippen LogP contribution in [0.5, 0.6) is 0 Å². The second-order valence-corrected chi connectivity index (χ2v) is 7.53. The number of nitrogens with zero attached hydrogens (tertiary/aromatic N) is 1. The van der Waals surface area contributed by atoms with Gasteiger partial charge < -0.3 is 5.32 Å². The molecule has 0 aliphatic carbocycles. The molecule has 0 aliphatic heterocycles. The molecule has 114 valence electrons. The molecule has 0 amide bonds. The van der Waals surface area contributed by atoms with Crippen molar-refractivity contribution in [1.29, 1.82) is 0 Å². The Morgan fingerprint density at radius 1 is 1.33 bits per heavy atom. The molecular formula is C14H19N3O2S2. The van der Waals surface area contributed by atoms with E-state index in [9.17, 15) is 8.42 Å². The first-order valence-corrected chi connectivity index (χ1v) is 9.02. The molecule has 1 unspecified atom stereocenters. The van der Waals surface area contributed by atoms with Crippen LogP contribution >= 0.6 is 11.3 Å². The Morgan fingerprint density at radius 3 is 2.71 bits per heavy atom. The van der Waals surface area contributed by atoms with Gasteiger partial charge in [-0.25, -0.2) is 18.1 Å². The van der Waals surface area contributed by atoms with Crippen molar-refractivity contribution in [3.05, 3.63) is 46.3 Å². The summed E-state index contributed by atoms with van der Waals surface area (Å²) in [6.45, 7) is 2.52. The van der Waals surface area contributed by atoms with Gasteiger partial charge in [-0.3, -0.25) is 0 Å². The number of pyridine rings is 1. The fourth-order valence-electron chi connectivity index (χ4n) is 1.98. The molecule has 0 radical (unpaired) electrons. The highest BCUT2D eigenvalue weighted by Crippen LogP contribution is 2.13. The third kappa shape index (κ3) is 4.60. The van der Waals surface area contributed by atoms with E-state index in [4.69, 9.17) is 0 Å². The van der Waals surface area contributed by atoms with Gasteiger partial charge in [0.15, 0.2) is 5.03 Å². The lowest BCUT2D eigenvalue weighted by molar-refractivity contribution is 0.557. The van der Waals surface area contributed by atoms with Crippen molar-refractivity contribution >= 4 is 21.4 Å². The molecule has 0 aromatic carbocycles. The Balaban J connectivity index is 2.03. The zero-order valence-corrected chi connectivity index (χ0v) is 13.7. The lowest BCUT2D eigenvalue weighted by atomic mass is 10.2. The van der Waals surface area contributed by atoms with E-state index in [0.29, 0.717) is 13.0 Å². The second-order valence-electron chi connectivity index (χ2n) is 4.84. The summed E-state index contributed by atoms with van der Waals surface area (Å²) in [6, 6.07) is 7.09. The van der Waals surface area contributed by atoms with Gasteiger partial charge >= 0.3 is 0 Å². The normalized spacial score (nSPS) is 13.2. The van der Waals surface area contributed by atoms with Crippen LogP contribution in [-0.4, -0.2) is 26.5 Å². The van der Waals surface area contributed by atoms with Crippen molar-refractivity contribution in [2.75, 3.05) is 7.05 Å². The summed E-state index contributed by atoms with van der Waals surface area (Å²) in [5, 5.41) is 5.04. The Morgan fingerprint density at radius 2 is 2.14 bits per heavy atom. The summed E-state index contributed by atoms with van der Waals surface area (Å²) in [5.74, 6) is 0. The van der Waals surface area contributed by atoms with Crippen molar-refractivity contribution in [3.63, 3.8) is 0 Å². The summed E-state index contributed by atoms with van der Waals surface area (Å²) in [6.07, 6.45) is 2.25. The lowest BCUT2D eigenvalue weighted by Crippen LogP contribution is -2.34. The van der Waals surface area contributed by atoms with E-state index in [1.165, 1.54) is 6.07 Å². The van der Waals surface area contributed by atoms with Crippen molar-refractivity contribution in [3.8, 4) is 0 Å². The van der Waals surface area contributed by atoms with Crippen LogP contribution in [0.1, 0.15) is 17.4 Å². The van der Waals surface area contributed by atoms with Crippen molar-refractivity contribution in [2.24, 2.45) is 0 Å². The van der Waals surface area contributed by atoms with E-state index >= 15 is 0 Å². The Hall–Kier alpha value is -1.28. The molecule has 0 saturated carbocycles. The molecule has 0 spiro atoms. The highest BCUT2D eigenvalue weighted by atomic mass is 32.2. The van der Waals surface area contributed by atoms with Crippen LogP contribution in [0.15, 0.2) is 40.9 Å². The first-order valence-electron chi connectivity index (χ1n) is 6.65. The van der Waals surface area contributed by atoms with Gasteiger partial charge in [-0.05, 0) is 43.5 Å². The van der Waals surface area contributed by atoms with Gasteiger partial charge in [0.1, 0.15) is 0 Å². The molecule has 2 heterocycles. The molecule has 5 nitrogen and oxygen atoms in total. The molecule has 0 bridgehead atoms. The lowest BCUT2D eigenvalue weighted by Gasteiger charge is -2.13. The SMILES string of the molecule is CNCc1ccc(S(=O)(=O)NC(C)Cc2cccs2)nc1. The number of hydrogen-bond donors (Lipinski definition) is 2. The third-order valence-corrected chi connectivity index (χ3v) is 5.30. The smallest absolute Gasteiger partial charge is 0.258 e. The van der Waals surface area contributed by atoms with E-state index in [-0.39, 0.29) is 11.1 Å². The van der Waals surface area contributed by atoms with E-state index in [1.807, 2.05) is 31.5 Å². The van der Waals surface area contributed by atoms with E-state index in [1.54, 1.807) is 23.6 Å². The van der Waals surface area contributed by atoms with Crippen LogP contribution in [0.4, 0.5) is 0 Å². The van der Waals surface area contributed by atoms with Gasteiger partial charge in [-0.15, -0.1) is 11.3 Å². The van der Waals surface area contributed by atoms with E-state index in [0.717, 1.165) is 10.4 Å². The van der Waals surface area contributed by atoms with Gasteiger partial charge in [0, 0.05) is 23.7 Å². The largest absolute Gasteiger partial charge is 0.316 e. The van der Waals surface area contributed by atoms with Crippen LogP contribution in [0, 0.1) is 0 Å². The maximum Gasteiger partial charge on any atom is 0.258 e. The molecule has 2 N–H and O–H groups in total. The van der Waals surface area contributed by atoms with Crippen LogP contribution in [-0.2, 0) is 23.0 Å². The minimum absolute atomic E-state index is 0.0559. The fraction of sp³-hybridized carbons (Fsp3) is 0.357. The number of nitrogens with one attached hydrogen (secondary N) is 2. The van der Waals surface area contributed by atoms with Crippen LogP contribution in [0.3, 0.4) is 0 Å². The van der Waals surface area contributed by atoms with Gasteiger partial charge in [-0.2, -0.15) is 0 Å². The summed E-state index contributed by atoms with van der Waals surface area (Å²) in [5.41, 5.74) is 0.947. The highest BCUT2D eigenvalue weighted by Gasteiger charge is 2.19. The minimum atomic E-state index is -3.57. The molecular weight excluding hydrogens is 306 g/mol. The predicted molar refractivity (Wildman–Crippen MR) is 84.8 cm³/mol. The molecule has 21 heavy (non-hydrogen) atoms. The van der Waals surface area contributed by atoms with Crippen molar-refractivity contribution in [2.45, 2.75) is 31.0 Å². The Bertz CT molecular complexity index is 652. The van der Waals surface area contributed by atoms with E-state index in [2.05, 4.69) is 15.0 Å². The van der Waals surface area contributed by atoms with Gasteiger partial charge in [-0.1, -0.05) is 12.1 Å². The Labute approximate surface area is 129 Å². The quantitative estimate of drug-likeness (QED) is 0.814. The zero-order chi connectivity index (χ0) is 15.3. The average molecular weight is 325 g/mol. The second kappa shape index (κ2) is 7.13. The molecule has 0 saturated heterocycles. The maximum absolute atomic E-state index is 12.3. The van der Waals surface area contributed by atoms with Gasteiger partial charge in [0.2, 0.25) is 0 Å². The molecule has 7 heteroatoms. The van der Waals surface area contributed by atoms with Crippen molar-refractivity contribution < 1.29 is 8.42 Å². The Kier molecular flexibility index (Phi) is 5.46. The number of thiophene rings is 1. The maximum atomic E-state index is 12.3. The zero-order valence-electron chi connectivity index (χ0n) is 12.0. The summed E-state index contributed by atoms with van der Waals surface area (Å²) in [4.78, 5) is 5.19. The molecule has 0 aliphatic rings. The monoisotopic (exact) mass is 325 g/mol. The van der Waals surface area contributed by atoms with Crippen LogP contribution in [0.2, 0.25) is 0 Å². The number of aromatic nitrogens is 1. The first kappa shape index (κ1) is 16.1. The van der Waals surface area contributed by atoms with Crippen LogP contribution < -0.4 is 10.0 Å². The fourth-order valence-corrected chi connectivity index (χ4v) is 3.98. The third-order valence-electron chi connectivity index (χ3n) is 2.90. The number of sulfonamides is 1. The molecule has 2 rings (SSSR count). The molecule has 0 fully saturated rings. The number of rotatable bonds is 7. The predicted octanol–water partition coefficient (Wildman–Crippen LogP) is 1.77. The minimum Gasteiger partial charge on any atom is -0.316 e. The molecule has 1 atom stereocenters. The topological polar surface area (TPSA) is 71.1 Å².